The fourth-order valence-electron chi connectivity index (χ4n) is 3.34. The number of benzene rings is 1. The summed E-state index contributed by atoms with van der Waals surface area (Å²) in [6, 6.07) is 5.22. The molecule has 4 rings (SSSR count). The van der Waals surface area contributed by atoms with Crippen molar-refractivity contribution in [3.63, 3.8) is 0 Å². The van der Waals surface area contributed by atoms with Gasteiger partial charge in [-0.05, 0) is 36.6 Å². The van der Waals surface area contributed by atoms with Gasteiger partial charge in [0, 0.05) is 23.9 Å². The average Bonchev–Trinajstić information content (AvgIpc) is 2.74. The van der Waals surface area contributed by atoms with Gasteiger partial charge in [0.1, 0.15) is 18.8 Å². The van der Waals surface area contributed by atoms with E-state index in [1.54, 1.807) is 0 Å². The van der Waals surface area contributed by atoms with E-state index in [1.165, 1.54) is 12.3 Å². The second-order valence-electron chi connectivity index (χ2n) is 6.49. The lowest BCUT2D eigenvalue weighted by atomic mass is 9.92. The van der Waals surface area contributed by atoms with E-state index in [0.29, 0.717) is 36.8 Å². The topological polar surface area (TPSA) is 77.8 Å². The first-order chi connectivity index (χ1) is 11.9. The Balaban J connectivity index is 1.91. The molecule has 1 unspecified atom stereocenters. The molecule has 25 heavy (non-hydrogen) atoms. The molecule has 6 nitrogen and oxygen atoms in total. The van der Waals surface area contributed by atoms with E-state index in [9.17, 15) is 14.7 Å². The molecule has 1 aromatic carbocycles. The van der Waals surface area contributed by atoms with Crippen LogP contribution >= 0.6 is 0 Å². The van der Waals surface area contributed by atoms with Gasteiger partial charge in [0.05, 0.1) is 5.69 Å². The number of aromatic nitrogens is 1. The van der Waals surface area contributed by atoms with Gasteiger partial charge >= 0.3 is 5.97 Å². The number of carboxylic acid groups (broad SMARTS) is 1. The van der Waals surface area contributed by atoms with Gasteiger partial charge in [-0.3, -0.25) is 4.79 Å². The van der Waals surface area contributed by atoms with E-state index in [0.717, 1.165) is 16.7 Å². The first kappa shape index (κ1) is 15.5. The largest absolute Gasteiger partial charge is 0.485 e. The predicted molar refractivity (Wildman–Crippen MR) is 91.6 cm³/mol. The number of fused-ring (bicyclic) bond motifs is 4. The normalized spacial score (nSPS) is 18.1. The van der Waals surface area contributed by atoms with E-state index >= 15 is 0 Å². The molecule has 0 saturated heterocycles. The Morgan fingerprint density at radius 3 is 2.60 bits per heavy atom. The average molecular weight is 339 g/mol. The van der Waals surface area contributed by atoms with Crippen LogP contribution in [0.4, 0.5) is 0 Å². The lowest BCUT2D eigenvalue weighted by molar-refractivity contribution is 0.0694. The Morgan fingerprint density at radius 2 is 1.92 bits per heavy atom. The third kappa shape index (κ3) is 2.50. The van der Waals surface area contributed by atoms with Crippen LogP contribution in [-0.4, -0.2) is 28.9 Å². The van der Waals surface area contributed by atoms with Crippen LogP contribution < -0.4 is 14.9 Å². The summed E-state index contributed by atoms with van der Waals surface area (Å²) in [6.07, 6.45) is 2.14. The molecular weight excluding hydrogens is 322 g/mol. The minimum Gasteiger partial charge on any atom is -0.485 e. The highest BCUT2D eigenvalue weighted by Gasteiger charge is 2.26. The van der Waals surface area contributed by atoms with Crippen molar-refractivity contribution >= 4 is 5.97 Å². The zero-order chi connectivity index (χ0) is 17.7. The number of hydrogen-bond donors (Lipinski definition) is 1. The Morgan fingerprint density at radius 1 is 1.24 bits per heavy atom. The fraction of sp³-hybridized carbons (Fsp3) is 0.263. The van der Waals surface area contributed by atoms with E-state index < -0.39 is 11.4 Å². The summed E-state index contributed by atoms with van der Waals surface area (Å²) >= 11 is 0. The quantitative estimate of drug-likeness (QED) is 0.808. The molecule has 0 spiro atoms. The molecule has 1 N–H and O–H groups in total. The van der Waals surface area contributed by atoms with Gasteiger partial charge in [0.2, 0.25) is 0 Å². The number of aromatic carboxylic acids is 1. The second kappa shape index (κ2) is 5.51. The number of pyridine rings is 1. The Kier molecular flexibility index (Phi) is 3.42. The van der Waals surface area contributed by atoms with Crippen molar-refractivity contribution in [1.82, 2.24) is 4.57 Å². The number of hydrogen-bond acceptors (Lipinski definition) is 4. The molecule has 128 valence electrons. The van der Waals surface area contributed by atoms with Crippen LogP contribution in [0.15, 0.2) is 41.3 Å². The third-order valence-electron chi connectivity index (χ3n) is 4.61. The molecule has 2 aliphatic heterocycles. The first-order valence-electron chi connectivity index (χ1n) is 8.03. The van der Waals surface area contributed by atoms with Crippen LogP contribution in [0, 0.1) is 0 Å². The van der Waals surface area contributed by atoms with E-state index in [-0.39, 0.29) is 11.6 Å². The van der Waals surface area contributed by atoms with Gasteiger partial charge in [0.15, 0.2) is 16.9 Å². The number of ether oxygens (including phenoxy) is 2. The maximum atomic E-state index is 12.2. The molecule has 0 aliphatic carbocycles. The molecule has 0 fully saturated rings. The number of carboxylic acids is 1. The minimum absolute atomic E-state index is 0.0286. The lowest BCUT2D eigenvalue weighted by Crippen LogP contribution is -2.24. The molecule has 0 amide bonds. The van der Waals surface area contributed by atoms with Gasteiger partial charge in [0.25, 0.3) is 0 Å². The molecule has 1 aromatic heterocycles. The summed E-state index contributed by atoms with van der Waals surface area (Å²) < 4.78 is 13.4. The van der Waals surface area contributed by atoms with Crippen molar-refractivity contribution in [1.29, 1.82) is 0 Å². The summed E-state index contributed by atoms with van der Waals surface area (Å²) in [6.45, 7) is 6.68. The van der Waals surface area contributed by atoms with Crippen LogP contribution in [-0.2, 0) is 6.42 Å². The van der Waals surface area contributed by atoms with Gasteiger partial charge in [-0.1, -0.05) is 6.58 Å². The summed E-state index contributed by atoms with van der Waals surface area (Å²) in [5, 5.41) is 9.20. The highest BCUT2D eigenvalue weighted by molar-refractivity contribution is 5.87. The lowest BCUT2D eigenvalue weighted by Gasteiger charge is -2.29. The van der Waals surface area contributed by atoms with Crippen LogP contribution in [0.5, 0.6) is 11.5 Å². The maximum Gasteiger partial charge on any atom is 0.341 e. The molecule has 1 atom stereocenters. The molecular formula is C19H17NO5. The number of carbonyl (C=O) groups is 1. The highest BCUT2D eigenvalue weighted by Crippen LogP contribution is 2.41. The van der Waals surface area contributed by atoms with Crippen molar-refractivity contribution in [2.75, 3.05) is 13.2 Å². The Hall–Kier alpha value is -3.02. The van der Waals surface area contributed by atoms with Crippen molar-refractivity contribution in [3.05, 3.63) is 57.9 Å². The number of rotatable bonds is 1. The van der Waals surface area contributed by atoms with Crippen LogP contribution in [0.1, 0.15) is 28.9 Å². The maximum absolute atomic E-state index is 12.2. The van der Waals surface area contributed by atoms with Crippen molar-refractivity contribution in [3.8, 4) is 22.8 Å². The predicted octanol–water partition coefficient (Wildman–Crippen LogP) is 2.66. The zero-order valence-corrected chi connectivity index (χ0v) is 13.7. The molecule has 2 aromatic rings. The fourth-order valence-corrected chi connectivity index (χ4v) is 3.34. The first-order valence-corrected chi connectivity index (χ1v) is 8.03. The van der Waals surface area contributed by atoms with E-state index in [1.807, 2.05) is 23.6 Å². The minimum atomic E-state index is -1.21. The summed E-state index contributed by atoms with van der Waals surface area (Å²) in [5.41, 5.74) is 2.74. The van der Waals surface area contributed by atoms with Crippen molar-refractivity contribution in [2.45, 2.75) is 19.4 Å². The smallest absolute Gasteiger partial charge is 0.341 e. The van der Waals surface area contributed by atoms with E-state index in [2.05, 4.69) is 6.58 Å². The summed E-state index contributed by atoms with van der Waals surface area (Å²) in [5.74, 6) is 0.0614. The van der Waals surface area contributed by atoms with Gasteiger partial charge in [-0.2, -0.15) is 0 Å². The molecule has 2 aliphatic rings. The van der Waals surface area contributed by atoms with Crippen LogP contribution in [0.2, 0.25) is 0 Å². The van der Waals surface area contributed by atoms with Gasteiger partial charge in [-0.15, -0.1) is 0 Å². The van der Waals surface area contributed by atoms with Crippen LogP contribution in [0.25, 0.3) is 11.3 Å². The summed E-state index contributed by atoms with van der Waals surface area (Å²) in [7, 11) is 0. The second-order valence-corrected chi connectivity index (χ2v) is 6.49. The summed E-state index contributed by atoms with van der Waals surface area (Å²) in [4.78, 5) is 23.4. The highest BCUT2D eigenvalue weighted by atomic mass is 16.5. The van der Waals surface area contributed by atoms with Crippen LogP contribution in [0.3, 0.4) is 0 Å². The molecule has 3 heterocycles. The monoisotopic (exact) mass is 339 g/mol. The third-order valence-corrected chi connectivity index (χ3v) is 4.61. The van der Waals surface area contributed by atoms with Gasteiger partial charge in [-0.25, -0.2) is 4.79 Å². The standard InChI is InChI=1S/C19H17NO5/c1-10-8-24-17-4-12-3-11(2)20-7-14(19(22)23)16(21)6-15(20)13(12)5-18(17)25-9-10/h4-7,11H,1,3,8-9H2,2H3,(H,22,23). The van der Waals surface area contributed by atoms with Crippen molar-refractivity contribution < 1.29 is 19.4 Å². The SMILES string of the molecule is C=C1COc2cc3c(cc2OC1)-c1cc(=O)c(C(=O)O)cn1C(C)C3. The Labute approximate surface area is 143 Å². The van der Waals surface area contributed by atoms with E-state index in [4.69, 9.17) is 9.47 Å². The molecule has 0 saturated carbocycles. The number of nitrogens with zero attached hydrogens (tertiary/aromatic N) is 1. The molecule has 0 radical (unpaired) electrons. The van der Waals surface area contributed by atoms with Gasteiger partial charge < -0.3 is 19.1 Å². The zero-order valence-electron chi connectivity index (χ0n) is 13.7. The molecule has 0 bridgehead atoms. The molecule has 6 heteroatoms. The van der Waals surface area contributed by atoms with Crippen molar-refractivity contribution in [2.24, 2.45) is 0 Å². The Bertz CT molecular complexity index is 973.